The monoisotopic (exact) mass is 446 g/mol. The number of ether oxygens (including phenoxy) is 1. The maximum atomic E-state index is 12.5. The number of hydrogen-bond donors (Lipinski definition) is 2. The number of nitrogens with one attached hydrogen (secondary N) is 2. The highest BCUT2D eigenvalue weighted by Gasteiger charge is 2.36. The van der Waals surface area contributed by atoms with Crippen LogP contribution in [0.4, 0.5) is 0 Å². The summed E-state index contributed by atoms with van der Waals surface area (Å²) in [5.41, 5.74) is -0.195. The Labute approximate surface area is 174 Å². The second-order valence-electron chi connectivity index (χ2n) is 7.07. The molecule has 0 spiro atoms. The molecule has 0 aromatic rings. The highest BCUT2D eigenvalue weighted by Crippen LogP contribution is 2.32. The van der Waals surface area contributed by atoms with Gasteiger partial charge < -0.3 is 9.64 Å². The number of halogens is 4. The van der Waals surface area contributed by atoms with Crippen molar-refractivity contribution in [3.63, 3.8) is 0 Å². The van der Waals surface area contributed by atoms with Crippen LogP contribution in [0.1, 0.15) is 19.3 Å². The van der Waals surface area contributed by atoms with E-state index >= 15 is 0 Å². The Morgan fingerprint density at radius 1 is 1.00 bits per heavy atom. The van der Waals surface area contributed by atoms with E-state index in [1.165, 1.54) is 0 Å². The average molecular weight is 448 g/mol. The number of nitrogens with zero attached hydrogens (tertiary/aromatic N) is 2. The molecule has 2 saturated heterocycles. The van der Waals surface area contributed by atoms with Gasteiger partial charge in [-0.15, -0.1) is 34.8 Å². The van der Waals surface area contributed by atoms with E-state index in [2.05, 4.69) is 15.5 Å². The molecule has 6 atom stereocenters. The molecule has 0 bridgehead atoms. The van der Waals surface area contributed by atoms with Crippen LogP contribution in [0.2, 0.25) is 0 Å². The number of carbonyl (C=O) groups is 1. The lowest BCUT2D eigenvalue weighted by atomic mass is 9.96. The highest BCUT2D eigenvalue weighted by molar-refractivity contribution is 6.31. The number of hydrogen-bond acceptors (Lipinski definition) is 5. The average Bonchev–Trinajstić information content (AvgIpc) is 2.63. The van der Waals surface area contributed by atoms with Gasteiger partial charge in [-0.3, -0.25) is 20.3 Å². The summed E-state index contributed by atoms with van der Waals surface area (Å²) in [5, 5.41) is 5.97. The molecule has 0 aromatic carbocycles. The number of rotatable bonds is 4. The minimum absolute atomic E-state index is 0.00104. The summed E-state index contributed by atoms with van der Waals surface area (Å²) in [7, 11) is 0. The van der Waals surface area contributed by atoms with E-state index in [1.807, 2.05) is 4.90 Å². The van der Waals surface area contributed by atoms with E-state index in [-0.39, 0.29) is 46.5 Å². The molecule has 3 aliphatic rings. The van der Waals surface area contributed by atoms with E-state index in [1.54, 1.807) is 0 Å². The molecule has 2 aliphatic heterocycles. The van der Waals surface area contributed by atoms with Crippen molar-refractivity contribution in [1.82, 2.24) is 20.4 Å². The molecule has 1 saturated carbocycles. The van der Waals surface area contributed by atoms with Crippen LogP contribution in [0.5, 0.6) is 0 Å². The minimum atomic E-state index is -0.223. The van der Waals surface area contributed by atoms with Crippen LogP contribution in [0.25, 0.3) is 0 Å². The molecule has 2 N–H and O–H groups in total. The van der Waals surface area contributed by atoms with Crippen molar-refractivity contribution in [2.24, 2.45) is 0 Å². The Morgan fingerprint density at radius 3 is 2.38 bits per heavy atom. The molecule has 26 heavy (non-hydrogen) atoms. The van der Waals surface area contributed by atoms with Crippen LogP contribution in [0.3, 0.4) is 0 Å². The summed E-state index contributed by atoms with van der Waals surface area (Å²) >= 11 is 24.7. The first kappa shape index (κ1) is 21.2. The number of alkyl halides is 4. The lowest BCUT2D eigenvalue weighted by Gasteiger charge is -2.42. The Morgan fingerprint density at radius 2 is 1.69 bits per heavy atom. The third kappa shape index (κ3) is 5.51. The smallest absolute Gasteiger partial charge is 0.248 e. The number of piperazine rings is 1. The zero-order valence-electron chi connectivity index (χ0n) is 14.6. The lowest BCUT2D eigenvalue weighted by Crippen LogP contribution is -2.62. The predicted octanol–water partition coefficient (Wildman–Crippen LogP) is 1.56. The largest absolute Gasteiger partial charge is 0.367 e. The van der Waals surface area contributed by atoms with Crippen molar-refractivity contribution < 1.29 is 9.53 Å². The topological polar surface area (TPSA) is 56.8 Å². The first-order valence-electron chi connectivity index (χ1n) is 9.13. The van der Waals surface area contributed by atoms with Gasteiger partial charge in [-0.1, -0.05) is 11.6 Å². The molecule has 3 fully saturated rings. The molecular weight excluding hydrogens is 422 g/mol. The van der Waals surface area contributed by atoms with E-state index in [4.69, 9.17) is 51.1 Å². The first-order chi connectivity index (χ1) is 12.4. The maximum absolute atomic E-state index is 12.5. The second kappa shape index (κ2) is 9.79. The van der Waals surface area contributed by atoms with E-state index in [0.717, 1.165) is 26.1 Å². The van der Waals surface area contributed by atoms with Crippen LogP contribution >= 0.6 is 46.4 Å². The Kier molecular flexibility index (Phi) is 7.98. The SMILES string of the molecule is O=C(COC1CC(Cl)C(Cl)CC1Cl)N1CCN(C2CCNC(Cl)N2)CC1. The van der Waals surface area contributed by atoms with Crippen molar-refractivity contribution >= 4 is 52.3 Å². The molecule has 6 nitrogen and oxygen atoms in total. The molecule has 2 heterocycles. The normalized spacial score (nSPS) is 39.8. The summed E-state index contributed by atoms with van der Waals surface area (Å²) in [6.07, 6.45) is 2.21. The van der Waals surface area contributed by atoms with Crippen LogP contribution in [0, 0.1) is 0 Å². The Balaban J connectivity index is 1.40. The fraction of sp³-hybridized carbons (Fsp3) is 0.938. The molecule has 1 amide bonds. The van der Waals surface area contributed by atoms with Gasteiger partial charge in [0.05, 0.1) is 28.4 Å². The Hall–Kier alpha value is 0.470. The van der Waals surface area contributed by atoms with Gasteiger partial charge in [0.25, 0.3) is 0 Å². The third-order valence-electron chi connectivity index (χ3n) is 5.31. The molecule has 150 valence electrons. The third-order valence-corrected chi connectivity index (χ3v) is 7.15. The van der Waals surface area contributed by atoms with Crippen molar-refractivity contribution in [1.29, 1.82) is 0 Å². The Bertz CT molecular complexity index is 481. The van der Waals surface area contributed by atoms with Crippen molar-refractivity contribution in [2.75, 3.05) is 39.3 Å². The van der Waals surface area contributed by atoms with Gasteiger partial charge in [-0.25, -0.2) is 0 Å². The standard InChI is InChI=1S/C16H26Cl4N4O2/c17-10-7-12(19)13(8-11(10)18)26-9-15(25)24-5-3-23(4-6-24)14-1-2-21-16(20)22-14/h10-14,16,21-22H,1-9H2. The van der Waals surface area contributed by atoms with Crippen molar-refractivity contribution in [3.05, 3.63) is 0 Å². The molecule has 6 unspecified atom stereocenters. The van der Waals surface area contributed by atoms with Gasteiger partial charge in [0.15, 0.2) is 0 Å². The summed E-state index contributed by atoms with van der Waals surface area (Å²) in [6.45, 7) is 3.97. The predicted molar refractivity (Wildman–Crippen MR) is 105 cm³/mol. The van der Waals surface area contributed by atoms with E-state index in [0.29, 0.717) is 25.9 Å². The van der Waals surface area contributed by atoms with Crippen LogP contribution in [0.15, 0.2) is 0 Å². The minimum Gasteiger partial charge on any atom is -0.367 e. The van der Waals surface area contributed by atoms with E-state index < -0.39 is 0 Å². The van der Waals surface area contributed by atoms with Gasteiger partial charge in [0.1, 0.15) is 12.2 Å². The molecular formula is C16H26Cl4N4O2. The second-order valence-corrected chi connectivity index (χ2v) is 9.19. The molecule has 0 radical (unpaired) electrons. The van der Waals surface area contributed by atoms with Gasteiger partial charge >= 0.3 is 0 Å². The van der Waals surface area contributed by atoms with Crippen molar-refractivity contribution in [2.45, 2.75) is 53.3 Å². The van der Waals surface area contributed by atoms with Gasteiger partial charge in [-0.05, 0) is 19.3 Å². The van der Waals surface area contributed by atoms with Crippen molar-refractivity contribution in [3.8, 4) is 0 Å². The molecule has 0 aromatic heterocycles. The number of amides is 1. The summed E-state index contributed by atoms with van der Waals surface area (Å²) in [5.74, 6) is 0.00104. The fourth-order valence-corrected chi connectivity index (χ4v) is 4.99. The van der Waals surface area contributed by atoms with Gasteiger partial charge in [-0.2, -0.15) is 0 Å². The molecule has 1 aliphatic carbocycles. The van der Waals surface area contributed by atoms with Crippen LogP contribution < -0.4 is 10.6 Å². The number of carbonyl (C=O) groups excluding carboxylic acids is 1. The maximum Gasteiger partial charge on any atom is 0.248 e. The zero-order chi connectivity index (χ0) is 18.7. The summed E-state index contributed by atoms with van der Waals surface area (Å²) in [4.78, 5) is 16.7. The van der Waals surface area contributed by atoms with Gasteiger partial charge in [0, 0.05) is 32.7 Å². The summed E-state index contributed by atoms with van der Waals surface area (Å²) in [6, 6.07) is 0. The molecule has 10 heteroatoms. The molecule has 3 rings (SSSR count). The quantitative estimate of drug-likeness (QED) is 0.506. The van der Waals surface area contributed by atoms with Crippen LogP contribution in [-0.2, 0) is 9.53 Å². The van der Waals surface area contributed by atoms with Gasteiger partial charge in [0.2, 0.25) is 5.91 Å². The first-order valence-corrected chi connectivity index (χ1v) is 10.9. The fourth-order valence-electron chi connectivity index (χ4n) is 3.70. The van der Waals surface area contributed by atoms with E-state index in [9.17, 15) is 4.79 Å². The lowest BCUT2D eigenvalue weighted by molar-refractivity contribution is -0.141. The highest BCUT2D eigenvalue weighted by atomic mass is 35.5. The summed E-state index contributed by atoms with van der Waals surface area (Å²) < 4.78 is 5.77. The zero-order valence-corrected chi connectivity index (χ0v) is 17.6. The van der Waals surface area contributed by atoms with Crippen LogP contribution in [-0.4, -0.2) is 89.1 Å².